The maximum absolute atomic E-state index is 11.9. The van der Waals surface area contributed by atoms with Crippen molar-refractivity contribution in [2.45, 2.75) is 25.9 Å². The van der Waals surface area contributed by atoms with Gasteiger partial charge in [0.05, 0.1) is 12.6 Å². The molecule has 0 spiro atoms. The van der Waals surface area contributed by atoms with Gasteiger partial charge in [0.1, 0.15) is 0 Å². The summed E-state index contributed by atoms with van der Waals surface area (Å²) < 4.78 is 0. The fraction of sp³-hybridized carbons (Fsp3) is 0.312. The first-order valence-corrected chi connectivity index (χ1v) is 8.13. The largest absolute Gasteiger partial charge is 0.348 e. The van der Waals surface area contributed by atoms with Gasteiger partial charge in [-0.05, 0) is 43.0 Å². The molecule has 21 heavy (non-hydrogen) atoms. The number of thiophene rings is 1. The molecule has 0 saturated carbocycles. The van der Waals surface area contributed by atoms with Crippen LogP contribution in [-0.2, 0) is 4.79 Å². The van der Waals surface area contributed by atoms with Crippen LogP contribution in [0.3, 0.4) is 0 Å². The molecule has 5 heteroatoms. The van der Waals surface area contributed by atoms with Crippen molar-refractivity contribution >= 4 is 28.8 Å². The Morgan fingerprint density at radius 3 is 2.52 bits per heavy atom. The Labute approximate surface area is 134 Å². The van der Waals surface area contributed by atoms with E-state index in [4.69, 9.17) is 11.6 Å². The Morgan fingerprint density at radius 2 is 1.90 bits per heavy atom. The molecule has 2 aromatic rings. The molecule has 1 amide bonds. The Bertz CT molecular complexity index is 568. The van der Waals surface area contributed by atoms with E-state index in [0.717, 1.165) is 10.4 Å². The lowest BCUT2D eigenvalue weighted by molar-refractivity contribution is -0.121. The SMILES string of the molecule is C[C@H](NCC(=O)N[C@H](C)c1cccs1)c1ccc(Cl)cc1. The van der Waals surface area contributed by atoms with Crippen LogP contribution in [0, 0.1) is 0 Å². The minimum atomic E-state index is -0.00304. The lowest BCUT2D eigenvalue weighted by Gasteiger charge is -2.16. The standard InChI is InChI=1S/C16H19ClN2OS/c1-11(13-5-7-14(17)8-6-13)18-10-16(20)19-12(2)15-4-3-9-21-15/h3-9,11-12,18H,10H2,1-2H3,(H,19,20)/t11-,12+/m0/s1. The first kappa shape index (κ1) is 16.0. The molecule has 0 saturated heterocycles. The quantitative estimate of drug-likeness (QED) is 0.846. The number of halogens is 1. The molecule has 1 aromatic heterocycles. The molecular formula is C16H19ClN2OS. The summed E-state index contributed by atoms with van der Waals surface area (Å²) >= 11 is 7.51. The molecule has 0 unspecified atom stereocenters. The van der Waals surface area contributed by atoms with Crippen LogP contribution in [0.1, 0.15) is 36.4 Å². The van der Waals surface area contributed by atoms with E-state index in [1.165, 1.54) is 0 Å². The van der Waals surface area contributed by atoms with Crippen molar-refractivity contribution in [2.75, 3.05) is 6.54 Å². The van der Waals surface area contributed by atoms with E-state index >= 15 is 0 Å². The van der Waals surface area contributed by atoms with Crippen molar-refractivity contribution < 1.29 is 4.79 Å². The summed E-state index contributed by atoms with van der Waals surface area (Å²) in [6.07, 6.45) is 0. The summed E-state index contributed by atoms with van der Waals surface area (Å²) in [6, 6.07) is 11.8. The number of amides is 1. The topological polar surface area (TPSA) is 41.1 Å². The third kappa shape index (κ3) is 4.84. The predicted octanol–water partition coefficient (Wildman–Crippen LogP) is 3.93. The van der Waals surface area contributed by atoms with E-state index < -0.39 is 0 Å². The zero-order chi connectivity index (χ0) is 15.2. The van der Waals surface area contributed by atoms with Gasteiger partial charge in [-0.2, -0.15) is 0 Å². The van der Waals surface area contributed by atoms with Crippen molar-refractivity contribution in [1.29, 1.82) is 0 Å². The molecule has 1 aromatic carbocycles. The number of hydrogen-bond acceptors (Lipinski definition) is 3. The monoisotopic (exact) mass is 322 g/mol. The smallest absolute Gasteiger partial charge is 0.234 e. The van der Waals surface area contributed by atoms with Gasteiger partial charge in [-0.15, -0.1) is 11.3 Å². The van der Waals surface area contributed by atoms with Gasteiger partial charge in [0.15, 0.2) is 0 Å². The number of nitrogens with one attached hydrogen (secondary N) is 2. The summed E-state index contributed by atoms with van der Waals surface area (Å²) in [5, 5.41) is 8.93. The maximum Gasteiger partial charge on any atom is 0.234 e. The van der Waals surface area contributed by atoms with Gasteiger partial charge in [0, 0.05) is 15.9 Å². The number of carbonyl (C=O) groups excluding carboxylic acids is 1. The van der Waals surface area contributed by atoms with Gasteiger partial charge >= 0.3 is 0 Å². The molecule has 3 nitrogen and oxygen atoms in total. The molecule has 2 N–H and O–H groups in total. The molecule has 0 aliphatic heterocycles. The Kier molecular flexibility index (Phi) is 5.79. The fourth-order valence-corrected chi connectivity index (χ4v) is 2.88. The van der Waals surface area contributed by atoms with E-state index in [1.807, 2.05) is 55.6 Å². The minimum Gasteiger partial charge on any atom is -0.348 e. The first-order valence-electron chi connectivity index (χ1n) is 6.88. The van der Waals surface area contributed by atoms with Gasteiger partial charge < -0.3 is 10.6 Å². The van der Waals surface area contributed by atoms with Gasteiger partial charge in [-0.25, -0.2) is 0 Å². The number of hydrogen-bond donors (Lipinski definition) is 2. The summed E-state index contributed by atoms with van der Waals surface area (Å²) in [6.45, 7) is 4.31. The van der Waals surface area contributed by atoms with Gasteiger partial charge in [0.25, 0.3) is 0 Å². The van der Waals surface area contributed by atoms with Crippen molar-refractivity contribution in [3.8, 4) is 0 Å². The number of rotatable bonds is 6. The molecule has 112 valence electrons. The van der Waals surface area contributed by atoms with Gasteiger partial charge in [-0.1, -0.05) is 29.8 Å². The Hall–Kier alpha value is -1.36. The predicted molar refractivity (Wildman–Crippen MR) is 88.7 cm³/mol. The van der Waals surface area contributed by atoms with E-state index in [-0.39, 0.29) is 18.0 Å². The van der Waals surface area contributed by atoms with E-state index in [9.17, 15) is 4.79 Å². The summed E-state index contributed by atoms with van der Waals surface area (Å²) in [5.74, 6) is -0.00304. The van der Waals surface area contributed by atoms with Crippen LogP contribution < -0.4 is 10.6 Å². The van der Waals surface area contributed by atoms with Crippen molar-refractivity contribution in [1.82, 2.24) is 10.6 Å². The van der Waals surface area contributed by atoms with Crippen LogP contribution in [0.4, 0.5) is 0 Å². The second-order valence-corrected chi connectivity index (χ2v) is 6.37. The lowest BCUT2D eigenvalue weighted by Crippen LogP contribution is -2.36. The molecule has 0 bridgehead atoms. The summed E-state index contributed by atoms with van der Waals surface area (Å²) in [7, 11) is 0. The normalized spacial score (nSPS) is 13.7. The zero-order valence-electron chi connectivity index (χ0n) is 12.1. The van der Waals surface area contributed by atoms with Crippen LogP contribution in [0.2, 0.25) is 5.02 Å². The van der Waals surface area contributed by atoms with E-state index in [0.29, 0.717) is 11.6 Å². The van der Waals surface area contributed by atoms with Crippen LogP contribution in [0.15, 0.2) is 41.8 Å². The molecule has 1 heterocycles. The van der Waals surface area contributed by atoms with E-state index in [2.05, 4.69) is 10.6 Å². The molecule has 0 fully saturated rings. The highest BCUT2D eigenvalue weighted by atomic mass is 35.5. The summed E-state index contributed by atoms with van der Waals surface area (Å²) in [5.41, 5.74) is 1.11. The van der Waals surface area contributed by atoms with Gasteiger partial charge in [0.2, 0.25) is 5.91 Å². The summed E-state index contributed by atoms with van der Waals surface area (Å²) in [4.78, 5) is 13.1. The fourth-order valence-electron chi connectivity index (χ4n) is 2.02. The van der Waals surface area contributed by atoms with Crippen molar-refractivity contribution in [2.24, 2.45) is 0 Å². The van der Waals surface area contributed by atoms with Gasteiger partial charge in [-0.3, -0.25) is 4.79 Å². The number of benzene rings is 1. The second-order valence-electron chi connectivity index (χ2n) is 4.96. The molecular weight excluding hydrogens is 304 g/mol. The number of carbonyl (C=O) groups is 1. The third-order valence-corrected chi connectivity index (χ3v) is 4.59. The van der Waals surface area contributed by atoms with Crippen LogP contribution in [0.5, 0.6) is 0 Å². The molecule has 0 aliphatic rings. The third-order valence-electron chi connectivity index (χ3n) is 3.29. The molecule has 0 aliphatic carbocycles. The second kappa shape index (κ2) is 7.59. The first-order chi connectivity index (χ1) is 10.1. The zero-order valence-corrected chi connectivity index (χ0v) is 13.7. The molecule has 2 rings (SSSR count). The van der Waals surface area contributed by atoms with Crippen LogP contribution in [-0.4, -0.2) is 12.5 Å². The lowest BCUT2D eigenvalue weighted by atomic mass is 10.1. The average Bonchev–Trinajstić information content (AvgIpc) is 3.00. The van der Waals surface area contributed by atoms with Crippen molar-refractivity contribution in [3.63, 3.8) is 0 Å². The van der Waals surface area contributed by atoms with Crippen LogP contribution >= 0.6 is 22.9 Å². The minimum absolute atomic E-state index is 0.00304. The molecule has 0 radical (unpaired) electrons. The molecule has 2 atom stereocenters. The maximum atomic E-state index is 11.9. The Balaban J connectivity index is 1.79. The highest BCUT2D eigenvalue weighted by Gasteiger charge is 2.11. The highest BCUT2D eigenvalue weighted by Crippen LogP contribution is 2.18. The van der Waals surface area contributed by atoms with Crippen molar-refractivity contribution in [3.05, 3.63) is 57.2 Å². The Morgan fingerprint density at radius 1 is 1.19 bits per heavy atom. The average molecular weight is 323 g/mol. The van der Waals surface area contributed by atoms with E-state index in [1.54, 1.807) is 11.3 Å². The highest BCUT2D eigenvalue weighted by molar-refractivity contribution is 7.10. The van der Waals surface area contributed by atoms with Crippen LogP contribution in [0.25, 0.3) is 0 Å².